The average molecular weight is 446 g/mol. The molecule has 0 bridgehead atoms. The lowest BCUT2D eigenvalue weighted by Gasteiger charge is -2.37. The van der Waals surface area contributed by atoms with Crippen molar-refractivity contribution in [2.75, 3.05) is 38.2 Å². The van der Waals surface area contributed by atoms with E-state index in [1.165, 1.54) is 7.11 Å². The second-order valence-electron chi connectivity index (χ2n) is 6.64. The van der Waals surface area contributed by atoms with E-state index in [9.17, 15) is 9.59 Å². The molecule has 0 unspecified atom stereocenters. The van der Waals surface area contributed by atoms with E-state index in [4.69, 9.17) is 9.47 Å². The summed E-state index contributed by atoms with van der Waals surface area (Å²) in [6, 6.07) is 5.65. The van der Waals surface area contributed by atoms with Gasteiger partial charge in [-0.1, -0.05) is 0 Å². The van der Waals surface area contributed by atoms with E-state index in [0.717, 1.165) is 9.26 Å². The molecule has 0 spiro atoms. The Morgan fingerprint density at radius 2 is 1.71 bits per heavy atom. The molecule has 1 aliphatic heterocycles. The second-order valence-corrected chi connectivity index (χ2v) is 7.89. The van der Waals surface area contributed by atoms with E-state index in [1.54, 1.807) is 11.0 Å². The van der Waals surface area contributed by atoms with Gasteiger partial charge >= 0.3 is 12.1 Å². The maximum atomic E-state index is 12.1. The fourth-order valence-corrected chi connectivity index (χ4v) is 3.12. The quantitative estimate of drug-likeness (QED) is 0.516. The first kappa shape index (κ1) is 18.8. The van der Waals surface area contributed by atoms with Gasteiger partial charge in [-0.3, -0.25) is 0 Å². The molecular formula is C17H23IN2O4. The van der Waals surface area contributed by atoms with Crippen molar-refractivity contribution >= 4 is 40.3 Å². The molecule has 6 nitrogen and oxygen atoms in total. The van der Waals surface area contributed by atoms with Gasteiger partial charge in [-0.2, -0.15) is 0 Å². The van der Waals surface area contributed by atoms with Gasteiger partial charge in [0.2, 0.25) is 0 Å². The van der Waals surface area contributed by atoms with Gasteiger partial charge < -0.3 is 19.3 Å². The van der Waals surface area contributed by atoms with Gasteiger partial charge in [0.05, 0.1) is 12.7 Å². The average Bonchev–Trinajstić information content (AvgIpc) is 2.52. The molecule has 1 fully saturated rings. The molecule has 1 aliphatic rings. The normalized spacial score (nSPS) is 15.2. The van der Waals surface area contributed by atoms with E-state index >= 15 is 0 Å². The van der Waals surface area contributed by atoms with Gasteiger partial charge in [0.15, 0.2) is 0 Å². The second kappa shape index (κ2) is 7.58. The highest BCUT2D eigenvalue weighted by atomic mass is 127. The lowest BCUT2D eigenvalue weighted by molar-refractivity contribution is 0.0240. The van der Waals surface area contributed by atoms with Crippen LogP contribution in [0.4, 0.5) is 10.5 Å². The number of nitrogens with zero attached hydrogens (tertiary/aromatic N) is 2. The number of anilines is 1. The Kier molecular flexibility index (Phi) is 5.95. The van der Waals surface area contributed by atoms with Crippen LogP contribution in [0.15, 0.2) is 18.2 Å². The minimum Gasteiger partial charge on any atom is -0.465 e. The third kappa shape index (κ3) is 4.99. The lowest BCUT2D eigenvalue weighted by atomic mass is 10.1. The summed E-state index contributed by atoms with van der Waals surface area (Å²) in [6.07, 6.45) is -0.278. The molecule has 0 atom stereocenters. The summed E-state index contributed by atoms with van der Waals surface area (Å²) < 4.78 is 11.2. The predicted molar refractivity (Wildman–Crippen MR) is 101 cm³/mol. The van der Waals surface area contributed by atoms with Crippen LogP contribution in [0, 0.1) is 3.57 Å². The van der Waals surface area contributed by atoms with Crippen molar-refractivity contribution in [2.24, 2.45) is 0 Å². The molecule has 1 saturated heterocycles. The van der Waals surface area contributed by atoms with Crippen LogP contribution in [0.25, 0.3) is 0 Å². The van der Waals surface area contributed by atoms with Gasteiger partial charge in [0.1, 0.15) is 5.60 Å². The van der Waals surface area contributed by atoms with Gasteiger partial charge in [0.25, 0.3) is 0 Å². The molecule has 7 heteroatoms. The summed E-state index contributed by atoms with van der Waals surface area (Å²) in [5.74, 6) is -0.345. The van der Waals surface area contributed by atoms with E-state index in [0.29, 0.717) is 31.7 Å². The van der Waals surface area contributed by atoms with Crippen LogP contribution in [0.3, 0.4) is 0 Å². The minimum atomic E-state index is -0.487. The maximum absolute atomic E-state index is 12.1. The number of esters is 1. The molecule has 1 heterocycles. The summed E-state index contributed by atoms with van der Waals surface area (Å²) in [7, 11) is 1.38. The van der Waals surface area contributed by atoms with Crippen LogP contribution in [-0.2, 0) is 9.47 Å². The molecule has 0 aromatic heterocycles. The third-order valence-corrected chi connectivity index (χ3v) is 4.22. The van der Waals surface area contributed by atoms with Crippen molar-refractivity contribution in [2.45, 2.75) is 26.4 Å². The van der Waals surface area contributed by atoms with Gasteiger partial charge in [-0.15, -0.1) is 0 Å². The molecule has 0 radical (unpaired) electrons. The van der Waals surface area contributed by atoms with Crippen LogP contribution in [0.2, 0.25) is 0 Å². The molecule has 132 valence electrons. The number of carbonyl (C=O) groups is 2. The van der Waals surface area contributed by atoms with Crippen LogP contribution < -0.4 is 4.90 Å². The van der Waals surface area contributed by atoms with E-state index in [1.807, 2.05) is 32.9 Å². The van der Waals surface area contributed by atoms with Crippen LogP contribution >= 0.6 is 22.6 Å². The Morgan fingerprint density at radius 3 is 2.25 bits per heavy atom. The Balaban J connectivity index is 2.03. The highest BCUT2D eigenvalue weighted by molar-refractivity contribution is 14.1. The van der Waals surface area contributed by atoms with Crippen LogP contribution in [0.5, 0.6) is 0 Å². The van der Waals surface area contributed by atoms with Crippen molar-refractivity contribution in [3.63, 3.8) is 0 Å². The first-order chi connectivity index (χ1) is 11.2. The summed E-state index contributed by atoms with van der Waals surface area (Å²) in [5.41, 5.74) is 1.01. The van der Waals surface area contributed by atoms with E-state index in [2.05, 4.69) is 27.5 Å². The minimum absolute atomic E-state index is 0.278. The fourth-order valence-electron chi connectivity index (χ4n) is 2.47. The number of piperazine rings is 1. The number of carbonyl (C=O) groups excluding carboxylic acids is 2. The van der Waals surface area contributed by atoms with Crippen LogP contribution in [0.1, 0.15) is 31.1 Å². The van der Waals surface area contributed by atoms with Gasteiger partial charge in [0, 0.05) is 35.4 Å². The molecule has 0 N–H and O–H groups in total. The SMILES string of the molecule is COC(=O)c1cc(I)cc(N2CCN(C(=O)OC(C)(C)C)CC2)c1. The highest BCUT2D eigenvalue weighted by Crippen LogP contribution is 2.23. The maximum Gasteiger partial charge on any atom is 0.410 e. The Labute approximate surface area is 156 Å². The number of rotatable bonds is 2. The number of halogens is 1. The zero-order valence-electron chi connectivity index (χ0n) is 14.5. The fraction of sp³-hybridized carbons (Fsp3) is 0.529. The van der Waals surface area contributed by atoms with Crippen molar-refractivity contribution in [1.29, 1.82) is 0 Å². The van der Waals surface area contributed by atoms with Gasteiger partial charge in [-0.25, -0.2) is 9.59 Å². The smallest absolute Gasteiger partial charge is 0.410 e. The number of methoxy groups -OCH3 is 1. The zero-order chi connectivity index (χ0) is 17.9. The van der Waals surface area contributed by atoms with Crippen molar-refractivity contribution in [3.05, 3.63) is 27.3 Å². The first-order valence-electron chi connectivity index (χ1n) is 7.81. The molecule has 24 heavy (non-hydrogen) atoms. The molecule has 1 aromatic rings. The summed E-state index contributed by atoms with van der Waals surface area (Å²) >= 11 is 2.19. The Bertz CT molecular complexity index is 620. The van der Waals surface area contributed by atoms with Crippen molar-refractivity contribution in [1.82, 2.24) is 4.90 Å². The predicted octanol–water partition coefficient (Wildman–Crippen LogP) is 3.13. The first-order valence-corrected chi connectivity index (χ1v) is 8.89. The molecule has 1 aromatic carbocycles. The molecule has 1 amide bonds. The standard InChI is InChI=1S/C17H23IN2O4/c1-17(2,3)24-16(22)20-7-5-19(6-8-20)14-10-12(15(21)23-4)9-13(18)11-14/h9-11H,5-8H2,1-4H3. The lowest BCUT2D eigenvalue weighted by Crippen LogP contribution is -2.50. The summed E-state index contributed by atoms with van der Waals surface area (Å²) in [4.78, 5) is 27.8. The van der Waals surface area contributed by atoms with Crippen molar-refractivity contribution in [3.8, 4) is 0 Å². The molecule has 2 rings (SSSR count). The largest absolute Gasteiger partial charge is 0.465 e. The van der Waals surface area contributed by atoms with Crippen molar-refractivity contribution < 1.29 is 19.1 Å². The van der Waals surface area contributed by atoms with E-state index in [-0.39, 0.29) is 12.1 Å². The number of ether oxygens (including phenoxy) is 2. The Morgan fingerprint density at radius 1 is 1.08 bits per heavy atom. The zero-order valence-corrected chi connectivity index (χ0v) is 16.6. The number of benzene rings is 1. The Hall–Kier alpha value is -1.51. The molecule has 0 saturated carbocycles. The molecular weight excluding hydrogens is 423 g/mol. The van der Waals surface area contributed by atoms with Crippen LogP contribution in [-0.4, -0.2) is 55.9 Å². The number of hydrogen-bond donors (Lipinski definition) is 0. The van der Waals surface area contributed by atoms with E-state index < -0.39 is 5.60 Å². The monoisotopic (exact) mass is 446 g/mol. The highest BCUT2D eigenvalue weighted by Gasteiger charge is 2.26. The topological polar surface area (TPSA) is 59.1 Å². The molecule has 0 aliphatic carbocycles. The third-order valence-electron chi connectivity index (χ3n) is 3.60. The number of amides is 1. The number of hydrogen-bond acceptors (Lipinski definition) is 5. The van der Waals surface area contributed by atoms with Gasteiger partial charge in [-0.05, 0) is 61.6 Å². The summed E-state index contributed by atoms with van der Waals surface area (Å²) in [5, 5.41) is 0. The summed E-state index contributed by atoms with van der Waals surface area (Å²) in [6.45, 7) is 8.16.